The molecule has 0 aromatic heterocycles. The molecule has 11 heteroatoms. The minimum atomic E-state index is -1.63. The number of methoxy groups -OCH3 is 1. The van der Waals surface area contributed by atoms with Gasteiger partial charge in [-0.1, -0.05) is 141 Å². The van der Waals surface area contributed by atoms with E-state index in [4.69, 9.17) is 25.3 Å². The quantitative estimate of drug-likeness (QED) is 0.0376. The Morgan fingerprint density at radius 2 is 1.15 bits per heavy atom. The Labute approximate surface area is 297 Å². The van der Waals surface area contributed by atoms with Crippen LogP contribution in [0.15, 0.2) is 34.5 Å². The second-order valence-electron chi connectivity index (χ2n) is 14.2. The Bertz CT molecular complexity index is 979. The molecule has 0 aliphatic carbocycles. The second-order valence-corrected chi connectivity index (χ2v) is 24.6. The molecule has 0 radical (unpaired) electrons. The van der Waals surface area contributed by atoms with E-state index in [0.717, 1.165) is 62.0 Å². The molecule has 0 bridgehead atoms. The van der Waals surface area contributed by atoms with Crippen molar-refractivity contribution in [2.75, 3.05) is 33.4 Å². The van der Waals surface area contributed by atoms with Gasteiger partial charge < -0.3 is 14.3 Å². The molecule has 0 saturated carbocycles. The van der Waals surface area contributed by atoms with E-state index in [9.17, 15) is 0 Å². The summed E-state index contributed by atoms with van der Waals surface area (Å²) in [6.07, 6.45) is 11.0. The maximum absolute atomic E-state index is 8.32. The molecule has 0 unspecified atom stereocenters. The SMILES string of the molecule is CCCC[Si](OCCCCCN=[N+]=[N-])(C(C)C)C(C)C.CCCC[Si](c1ccc(OC)cc1)(C(C)C)C(C)C.[N-]=[N+]=NCCCCCO. The zero-order valence-corrected chi connectivity index (χ0v) is 34.9. The summed E-state index contributed by atoms with van der Waals surface area (Å²) in [6.45, 7) is 25.9. The average Bonchev–Trinajstić information content (AvgIpc) is 3.06. The first-order valence-corrected chi connectivity index (χ1v) is 23.5. The van der Waals surface area contributed by atoms with Gasteiger partial charge in [0, 0.05) is 36.1 Å². The van der Waals surface area contributed by atoms with Crippen LogP contribution in [0.25, 0.3) is 20.9 Å². The summed E-state index contributed by atoms with van der Waals surface area (Å²) in [5, 5.41) is 16.8. The van der Waals surface area contributed by atoms with Crippen LogP contribution in [0.1, 0.15) is 133 Å². The Hall–Kier alpha value is -2.01. The first kappa shape index (κ1) is 48.1. The molecule has 48 heavy (non-hydrogen) atoms. The minimum Gasteiger partial charge on any atom is -0.497 e. The largest absolute Gasteiger partial charge is 0.497 e. The molecular formula is C37H74N6O3Si2. The first-order valence-electron chi connectivity index (χ1n) is 18.8. The number of aliphatic hydroxyl groups excluding tert-OH is 1. The second kappa shape index (κ2) is 29.9. The van der Waals surface area contributed by atoms with Gasteiger partial charge >= 0.3 is 0 Å². The van der Waals surface area contributed by atoms with E-state index in [1.165, 1.54) is 37.8 Å². The third-order valence-electron chi connectivity index (χ3n) is 9.82. The molecule has 1 aromatic carbocycles. The Morgan fingerprint density at radius 1 is 0.667 bits per heavy atom. The van der Waals surface area contributed by atoms with Crippen molar-refractivity contribution in [1.82, 2.24) is 0 Å². The van der Waals surface area contributed by atoms with Gasteiger partial charge in [0.25, 0.3) is 0 Å². The number of benzene rings is 1. The number of ether oxygens (including phenoxy) is 1. The summed E-state index contributed by atoms with van der Waals surface area (Å²) in [6, 6.07) is 11.6. The van der Waals surface area contributed by atoms with Crippen molar-refractivity contribution in [2.24, 2.45) is 10.2 Å². The molecule has 0 amide bonds. The molecule has 0 spiro atoms. The molecule has 0 aliphatic heterocycles. The number of unbranched alkanes of at least 4 members (excludes halogenated alkanes) is 6. The zero-order valence-electron chi connectivity index (χ0n) is 32.9. The summed E-state index contributed by atoms with van der Waals surface area (Å²) >= 11 is 0. The molecule has 1 N–H and O–H groups in total. The van der Waals surface area contributed by atoms with Gasteiger partial charge in [-0.3, -0.25) is 0 Å². The van der Waals surface area contributed by atoms with Crippen molar-refractivity contribution in [3.63, 3.8) is 0 Å². The van der Waals surface area contributed by atoms with Crippen molar-refractivity contribution < 1.29 is 14.3 Å². The zero-order chi connectivity index (χ0) is 36.8. The average molecular weight is 707 g/mol. The van der Waals surface area contributed by atoms with Gasteiger partial charge in [-0.05, 0) is 77.1 Å². The van der Waals surface area contributed by atoms with Crippen molar-refractivity contribution in [3.8, 4) is 5.75 Å². The van der Waals surface area contributed by atoms with Crippen molar-refractivity contribution in [3.05, 3.63) is 45.2 Å². The van der Waals surface area contributed by atoms with E-state index in [-0.39, 0.29) is 6.61 Å². The highest BCUT2D eigenvalue weighted by Crippen LogP contribution is 2.39. The summed E-state index contributed by atoms with van der Waals surface area (Å²) in [5.41, 5.74) is 19.0. The van der Waals surface area contributed by atoms with Crippen LogP contribution in [0, 0.1) is 0 Å². The van der Waals surface area contributed by atoms with Crippen LogP contribution in [-0.4, -0.2) is 54.9 Å². The van der Waals surface area contributed by atoms with E-state index < -0.39 is 16.4 Å². The number of nitrogens with zero attached hydrogens (tertiary/aromatic N) is 6. The third-order valence-corrected chi connectivity index (χ3v) is 22.3. The highest BCUT2D eigenvalue weighted by Gasteiger charge is 2.41. The fraction of sp³-hybridized carbons (Fsp3) is 0.838. The van der Waals surface area contributed by atoms with Gasteiger partial charge in [0.05, 0.1) is 15.2 Å². The van der Waals surface area contributed by atoms with Crippen LogP contribution in [0.2, 0.25) is 34.3 Å². The van der Waals surface area contributed by atoms with Gasteiger partial charge in [0.1, 0.15) is 5.75 Å². The van der Waals surface area contributed by atoms with Gasteiger partial charge in [0.2, 0.25) is 0 Å². The lowest BCUT2D eigenvalue weighted by atomic mass is 10.2. The van der Waals surface area contributed by atoms with Crippen LogP contribution in [0.4, 0.5) is 0 Å². The number of hydrogen-bond donors (Lipinski definition) is 1. The monoisotopic (exact) mass is 707 g/mol. The van der Waals surface area contributed by atoms with Crippen LogP contribution < -0.4 is 9.92 Å². The van der Waals surface area contributed by atoms with Crippen LogP contribution >= 0.6 is 0 Å². The normalized spacial score (nSPS) is 11.4. The fourth-order valence-electron chi connectivity index (χ4n) is 6.81. The molecule has 0 heterocycles. The van der Waals surface area contributed by atoms with E-state index in [1.54, 1.807) is 12.3 Å². The highest BCUT2D eigenvalue weighted by atomic mass is 28.4. The minimum absolute atomic E-state index is 0.232. The van der Waals surface area contributed by atoms with Crippen molar-refractivity contribution in [2.45, 2.75) is 168 Å². The summed E-state index contributed by atoms with van der Waals surface area (Å²) in [4.78, 5) is 5.37. The van der Waals surface area contributed by atoms with Crippen LogP contribution in [0.5, 0.6) is 5.75 Å². The summed E-state index contributed by atoms with van der Waals surface area (Å²) in [7, 11) is -1.33. The topological polar surface area (TPSA) is 136 Å². The van der Waals surface area contributed by atoms with E-state index in [1.807, 2.05) is 0 Å². The van der Waals surface area contributed by atoms with Crippen molar-refractivity contribution in [1.29, 1.82) is 0 Å². The molecule has 0 aliphatic rings. The standard InChI is InChI=1S/C17H30OSi.C15H33N3OSi.C5H11N3O/c1-7-8-13-19(14(2)3,15(4)5)17-11-9-16(18-6)10-12-17;1-6-7-13-20(14(2)3,15(4)5)19-12-10-8-9-11-17-18-16;6-8-7-4-2-1-3-5-9/h9-12,14-15H,7-8,13H2,1-6H3;14-15H,6-13H2,1-5H3;9H,1-5H2. The van der Waals surface area contributed by atoms with Gasteiger partial charge in [-0.25, -0.2) is 0 Å². The molecular weight excluding hydrogens is 633 g/mol. The molecule has 1 aromatic rings. The fourth-order valence-corrected chi connectivity index (χ4v) is 17.4. The Morgan fingerprint density at radius 3 is 1.54 bits per heavy atom. The molecule has 0 atom stereocenters. The number of azide groups is 2. The maximum atomic E-state index is 8.32. The predicted molar refractivity (Wildman–Crippen MR) is 213 cm³/mol. The Balaban J connectivity index is 0. The smallest absolute Gasteiger partial charge is 0.197 e. The molecule has 9 nitrogen and oxygen atoms in total. The number of aliphatic hydroxyl groups is 1. The number of hydrogen-bond acceptors (Lipinski definition) is 5. The van der Waals surface area contributed by atoms with Gasteiger partial charge in [-0.2, -0.15) is 0 Å². The predicted octanol–water partition coefficient (Wildman–Crippen LogP) is 12.5. The van der Waals surface area contributed by atoms with E-state index in [2.05, 4.69) is 114 Å². The lowest BCUT2D eigenvalue weighted by Gasteiger charge is -2.40. The van der Waals surface area contributed by atoms with E-state index in [0.29, 0.717) is 24.2 Å². The molecule has 0 fully saturated rings. The van der Waals surface area contributed by atoms with Gasteiger partial charge in [0.15, 0.2) is 8.32 Å². The Kier molecular flexibility index (Phi) is 29.9. The van der Waals surface area contributed by atoms with Crippen molar-refractivity contribution >= 4 is 21.6 Å². The number of rotatable bonds is 24. The summed E-state index contributed by atoms with van der Waals surface area (Å²) < 4.78 is 11.8. The molecule has 278 valence electrons. The van der Waals surface area contributed by atoms with Gasteiger partial charge in [-0.15, -0.1) is 0 Å². The molecule has 0 saturated heterocycles. The molecule has 1 rings (SSSR count). The lowest BCUT2D eigenvalue weighted by Crippen LogP contribution is -2.52. The van der Waals surface area contributed by atoms with E-state index >= 15 is 0 Å². The highest BCUT2D eigenvalue weighted by molar-refractivity contribution is 6.94. The van der Waals surface area contributed by atoms with Crippen LogP contribution in [-0.2, 0) is 4.43 Å². The summed E-state index contributed by atoms with van der Waals surface area (Å²) in [5.74, 6) is 0.967. The van der Waals surface area contributed by atoms with Crippen LogP contribution in [0.3, 0.4) is 0 Å². The first-order chi connectivity index (χ1) is 22.9. The lowest BCUT2D eigenvalue weighted by molar-refractivity contribution is 0.273. The third kappa shape index (κ3) is 18.7. The maximum Gasteiger partial charge on any atom is 0.197 e.